The largest absolute Gasteiger partial charge is 0.0527 e. The molecular formula is C10H16. The van der Waals surface area contributed by atoms with Gasteiger partial charge in [0.05, 0.1) is 0 Å². The van der Waals surface area contributed by atoms with Gasteiger partial charge in [0.15, 0.2) is 0 Å². The molecule has 0 aromatic heterocycles. The number of fused-ring (bicyclic) bond motifs is 2. The Morgan fingerprint density at radius 3 is 2.50 bits per heavy atom. The summed E-state index contributed by atoms with van der Waals surface area (Å²) in [5.41, 5.74) is 0.946. The van der Waals surface area contributed by atoms with E-state index in [4.69, 9.17) is 0 Å². The van der Waals surface area contributed by atoms with E-state index >= 15 is 0 Å². The van der Waals surface area contributed by atoms with Crippen molar-refractivity contribution in [3.05, 3.63) is 0 Å². The number of hydrogen-bond acceptors (Lipinski definition) is 0. The molecule has 1 spiro atoms. The fourth-order valence-electron chi connectivity index (χ4n) is 3.81. The lowest BCUT2D eigenvalue weighted by Gasteiger charge is -2.59. The Hall–Kier alpha value is 0. The van der Waals surface area contributed by atoms with E-state index in [1.54, 1.807) is 44.9 Å². The van der Waals surface area contributed by atoms with Gasteiger partial charge in [-0.25, -0.2) is 0 Å². The minimum absolute atomic E-state index is 0.946. The Morgan fingerprint density at radius 1 is 1.00 bits per heavy atom. The lowest BCUT2D eigenvalue weighted by molar-refractivity contribution is -0.0875. The van der Waals surface area contributed by atoms with Crippen molar-refractivity contribution >= 4 is 0 Å². The maximum absolute atomic E-state index is 1.62. The predicted molar refractivity (Wildman–Crippen MR) is 41.7 cm³/mol. The van der Waals surface area contributed by atoms with Crippen molar-refractivity contribution < 1.29 is 0 Å². The zero-order valence-electron chi connectivity index (χ0n) is 6.60. The summed E-state index contributed by atoms with van der Waals surface area (Å²) in [6.07, 6.45) is 11.1. The predicted octanol–water partition coefficient (Wildman–Crippen LogP) is 2.98. The summed E-state index contributed by atoms with van der Waals surface area (Å²) < 4.78 is 0. The Morgan fingerprint density at radius 2 is 1.90 bits per heavy atom. The van der Waals surface area contributed by atoms with Crippen molar-refractivity contribution in [3.8, 4) is 0 Å². The van der Waals surface area contributed by atoms with Crippen molar-refractivity contribution in [1.29, 1.82) is 0 Å². The summed E-state index contributed by atoms with van der Waals surface area (Å²) >= 11 is 0. The monoisotopic (exact) mass is 136 g/mol. The van der Waals surface area contributed by atoms with Crippen LogP contribution in [-0.4, -0.2) is 0 Å². The van der Waals surface area contributed by atoms with Gasteiger partial charge in [0.1, 0.15) is 0 Å². The Bertz CT molecular complexity index is 155. The SMILES string of the molecule is C1CC2[C@@H](C1)CC21CCC1. The molecule has 0 heteroatoms. The number of rotatable bonds is 0. The molecule has 3 saturated carbocycles. The summed E-state index contributed by atoms with van der Waals surface area (Å²) in [6, 6.07) is 0. The van der Waals surface area contributed by atoms with E-state index < -0.39 is 0 Å². The molecule has 3 fully saturated rings. The van der Waals surface area contributed by atoms with Gasteiger partial charge in [-0.3, -0.25) is 0 Å². The van der Waals surface area contributed by atoms with Crippen molar-refractivity contribution in [3.63, 3.8) is 0 Å². The molecule has 0 aromatic rings. The van der Waals surface area contributed by atoms with Crippen LogP contribution >= 0.6 is 0 Å². The molecule has 2 atom stereocenters. The van der Waals surface area contributed by atoms with Crippen LogP contribution in [0.1, 0.15) is 44.9 Å². The van der Waals surface area contributed by atoms with Gasteiger partial charge in [-0.15, -0.1) is 0 Å². The van der Waals surface area contributed by atoms with Crippen LogP contribution < -0.4 is 0 Å². The molecule has 0 aromatic carbocycles. The summed E-state index contributed by atoms with van der Waals surface area (Å²) in [5.74, 6) is 2.40. The lowest BCUT2D eigenvalue weighted by Crippen LogP contribution is -2.49. The second-order valence-corrected chi connectivity index (χ2v) is 4.72. The van der Waals surface area contributed by atoms with Crippen LogP contribution in [0.5, 0.6) is 0 Å². The number of hydrogen-bond donors (Lipinski definition) is 0. The second kappa shape index (κ2) is 1.60. The molecule has 56 valence electrons. The molecule has 0 heterocycles. The first-order valence-corrected chi connectivity index (χ1v) is 4.91. The molecule has 0 amide bonds. The molecule has 0 bridgehead atoms. The quantitative estimate of drug-likeness (QED) is 0.480. The first-order valence-electron chi connectivity index (χ1n) is 4.91. The van der Waals surface area contributed by atoms with E-state index in [-0.39, 0.29) is 0 Å². The third-order valence-electron chi connectivity index (χ3n) is 4.46. The van der Waals surface area contributed by atoms with Gasteiger partial charge in [-0.1, -0.05) is 19.3 Å². The third-order valence-corrected chi connectivity index (χ3v) is 4.46. The van der Waals surface area contributed by atoms with Crippen molar-refractivity contribution in [2.24, 2.45) is 17.3 Å². The molecule has 0 nitrogen and oxygen atoms in total. The van der Waals surface area contributed by atoms with Gasteiger partial charge in [-0.2, -0.15) is 0 Å². The van der Waals surface area contributed by atoms with Crippen LogP contribution in [0, 0.1) is 17.3 Å². The molecule has 3 rings (SSSR count). The Labute approximate surface area is 63.0 Å². The van der Waals surface area contributed by atoms with Crippen molar-refractivity contribution in [1.82, 2.24) is 0 Å². The lowest BCUT2D eigenvalue weighted by atomic mass is 9.46. The molecule has 1 unspecified atom stereocenters. The van der Waals surface area contributed by atoms with Crippen LogP contribution in [0.2, 0.25) is 0 Å². The van der Waals surface area contributed by atoms with Gasteiger partial charge in [0.2, 0.25) is 0 Å². The van der Waals surface area contributed by atoms with E-state index in [9.17, 15) is 0 Å². The first-order chi connectivity index (χ1) is 4.91. The second-order valence-electron chi connectivity index (χ2n) is 4.72. The van der Waals surface area contributed by atoms with Crippen LogP contribution in [0.25, 0.3) is 0 Å². The van der Waals surface area contributed by atoms with E-state index in [2.05, 4.69) is 0 Å². The Kier molecular flexibility index (Phi) is 0.898. The summed E-state index contributed by atoms with van der Waals surface area (Å²) in [7, 11) is 0. The minimum atomic E-state index is 0.946. The third kappa shape index (κ3) is 0.466. The maximum atomic E-state index is 1.62. The molecule has 0 N–H and O–H groups in total. The molecule has 10 heavy (non-hydrogen) atoms. The summed E-state index contributed by atoms with van der Waals surface area (Å²) in [6.45, 7) is 0. The van der Waals surface area contributed by atoms with Gasteiger partial charge in [0, 0.05) is 0 Å². The van der Waals surface area contributed by atoms with Crippen molar-refractivity contribution in [2.75, 3.05) is 0 Å². The van der Waals surface area contributed by atoms with Gasteiger partial charge >= 0.3 is 0 Å². The molecule has 3 aliphatic rings. The molecule has 0 radical (unpaired) electrons. The molecular weight excluding hydrogens is 120 g/mol. The zero-order chi connectivity index (χ0) is 6.60. The normalized spacial score (nSPS) is 48.0. The van der Waals surface area contributed by atoms with Crippen LogP contribution in [0.3, 0.4) is 0 Å². The minimum Gasteiger partial charge on any atom is -0.0527 e. The average Bonchev–Trinajstić information content (AvgIpc) is 2.09. The standard InChI is InChI=1S/C10H16/c1-3-8-7-10(5-2-6-10)9(8)4-1/h8-9H,1-7H2/t8-,9?/m0/s1. The van der Waals surface area contributed by atoms with Gasteiger partial charge < -0.3 is 0 Å². The van der Waals surface area contributed by atoms with Crippen molar-refractivity contribution in [2.45, 2.75) is 44.9 Å². The highest BCUT2D eigenvalue weighted by molar-refractivity contribution is 5.07. The van der Waals surface area contributed by atoms with Gasteiger partial charge in [0.25, 0.3) is 0 Å². The fourth-order valence-corrected chi connectivity index (χ4v) is 3.81. The summed E-state index contributed by atoms with van der Waals surface area (Å²) in [5, 5.41) is 0. The van der Waals surface area contributed by atoms with Crippen LogP contribution in [0.15, 0.2) is 0 Å². The zero-order valence-corrected chi connectivity index (χ0v) is 6.60. The Balaban J connectivity index is 1.81. The maximum Gasteiger partial charge on any atom is -0.0264 e. The van der Waals surface area contributed by atoms with E-state index in [1.165, 1.54) is 11.8 Å². The fraction of sp³-hybridized carbons (Fsp3) is 1.00. The first kappa shape index (κ1) is 5.62. The highest BCUT2D eigenvalue weighted by atomic mass is 14.6. The average molecular weight is 136 g/mol. The molecule has 0 aliphatic heterocycles. The smallest absolute Gasteiger partial charge is 0.0264 e. The van der Waals surface area contributed by atoms with E-state index in [0.717, 1.165) is 5.41 Å². The van der Waals surface area contributed by atoms with Crippen LogP contribution in [-0.2, 0) is 0 Å². The highest BCUT2D eigenvalue weighted by Crippen LogP contribution is 2.67. The topological polar surface area (TPSA) is 0 Å². The highest BCUT2D eigenvalue weighted by Gasteiger charge is 2.57. The molecule has 3 aliphatic carbocycles. The van der Waals surface area contributed by atoms with Crippen LogP contribution in [0.4, 0.5) is 0 Å². The van der Waals surface area contributed by atoms with Gasteiger partial charge in [-0.05, 0) is 42.9 Å². The van der Waals surface area contributed by atoms with E-state index in [1.807, 2.05) is 0 Å². The summed E-state index contributed by atoms with van der Waals surface area (Å²) in [4.78, 5) is 0. The van der Waals surface area contributed by atoms with E-state index in [0.29, 0.717) is 0 Å². The molecule has 0 saturated heterocycles.